The number of fused-ring (bicyclic) bond motifs is 1. The van der Waals surface area contributed by atoms with Crippen molar-refractivity contribution < 1.29 is 9.18 Å². The molecule has 0 spiro atoms. The van der Waals surface area contributed by atoms with Crippen molar-refractivity contribution in [1.82, 2.24) is 14.5 Å². The number of aromatic nitrogens is 3. The van der Waals surface area contributed by atoms with E-state index in [1.165, 1.54) is 6.07 Å². The van der Waals surface area contributed by atoms with Crippen molar-refractivity contribution in [2.75, 3.05) is 17.3 Å². The predicted octanol–water partition coefficient (Wildman–Crippen LogP) is 3.66. The summed E-state index contributed by atoms with van der Waals surface area (Å²) < 4.78 is 16.2. The summed E-state index contributed by atoms with van der Waals surface area (Å²) in [5.74, 6) is 0.356. The van der Waals surface area contributed by atoms with Crippen LogP contribution in [0.5, 0.6) is 0 Å². The first kappa shape index (κ1) is 18.9. The number of pyridine rings is 1. The Balaban J connectivity index is 1.81. The molecule has 29 heavy (non-hydrogen) atoms. The van der Waals surface area contributed by atoms with Crippen LogP contribution < -0.4 is 10.2 Å². The van der Waals surface area contributed by atoms with E-state index < -0.39 is 5.82 Å². The Labute approximate surface area is 167 Å². The van der Waals surface area contributed by atoms with Gasteiger partial charge in [0.2, 0.25) is 5.91 Å². The van der Waals surface area contributed by atoms with Crippen LogP contribution in [0, 0.1) is 23.1 Å². The van der Waals surface area contributed by atoms with E-state index in [0.717, 1.165) is 23.9 Å². The van der Waals surface area contributed by atoms with Crippen LogP contribution in [0.3, 0.4) is 0 Å². The van der Waals surface area contributed by atoms with Crippen molar-refractivity contribution in [1.29, 1.82) is 5.26 Å². The molecule has 0 unspecified atom stereocenters. The fraction of sp³-hybridized carbons (Fsp3) is 0.333. The molecule has 148 valence electrons. The van der Waals surface area contributed by atoms with Gasteiger partial charge in [0.25, 0.3) is 0 Å². The van der Waals surface area contributed by atoms with E-state index in [1.807, 2.05) is 30.7 Å². The lowest BCUT2D eigenvalue weighted by atomic mass is 10.1. The van der Waals surface area contributed by atoms with Crippen molar-refractivity contribution in [3.8, 4) is 6.07 Å². The van der Waals surface area contributed by atoms with E-state index in [1.54, 1.807) is 24.3 Å². The van der Waals surface area contributed by atoms with E-state index in [9.17, 15) is 9.18 Å². The van der Waals surface area contributed by atoms with Gasteiger partial charge in [-0.15, -0.1) is 0 Å². The lowest BCUT2D eigenvalue weighted by Gasteiger charge is -2.23. The molecular weight excluding hydrogens is 371 g/mol. The Bertz CT molecular complexity index is 1160. The fourth-order valence-electron chi connectivity index (χ4n) is 3.35. The van der Waals surface area contributed by atoms with Gasteiger partial charge in [-0.05, 0) is 37.0 Å². The monoisotopic (exact) mass is 392 g/mol. The van der Waals surface area contributed by atoms with Gasteiger partial charge < -0.3 is 14.8 Å². The SMILES string of the molecule is CCc1cc(C#N)c(F)cc1N(C)c1cc2c(ncn2C)c(NC(=O)C2CC2)n1. The number of halogens is 1. The zero-order valence-corrected chi connectivity index (χ0v) is 16.5. The second-order valence-electron chi connectivity index (χ2n) is 7.30. The van der Waals surface area contributed by atoms with Gasteiger partial charge in [0, 0.05) is 31.8 Å². The normalized spacial score (nSPS) is 13.3. The molecule has 0 atom stereocenters. The minimum absolute atomic E-state index is 0.0198. The van der Waals surface area contributed by atoms with Gasteiger partial charge >= 0.3 is 0 Å². The Morgan fingerprint density at radius 2 is 2.17 bits per heavy atom. The highest BCUT2D eigenvalue weighted by Gasteiger charge is 2.30. The van der Waals surface area contributed by atoms with Crippen LogP contribution in [0.15, 0.2) is 24.5 Å². The van der Waals surface area contributed by atoms with Crippen molar-refractivity contribution in [2.45, 2.75) is 26.2 Å². The molecule has 0 aliphatic heterocycles. The van der Waals surface area contributed by atoms with Gasteiger partial charge in [0.05, 0.1) is 17.4 Å². The van der Waals surface area contributed by atoms with E-state index in [2.05, 4.69) is 15.3 Å². The quantitative estimate of drug-likeness (QED) is 0.716. The molecule has 1 fully saturated rings. The maximum atomic E-state index is 14.3. The van der Waals surface area contributed by atoms with Gasteiger partial charge in [0.15, 0.2) is 5.82 Å². The average molecular weight is 392 g/mol. The second kappa shape index (κ2) is 7.17. The third-order valence-corrected chi connectivity index (χ3v) is 5.26. The molecule has 7 nitrogen and oxygen atoms in total. The van der Waals surface area contributed by atoms with Crippen molar-refractivity contribution in [2.24, 2.45) is 13.0 Å². The van der Waals surface area contributed by atoms with E-state index in [4.69, 9.17) is 5.26 Å². The van der Waals surface area contributed by atoms with Crippen LogP contribution >= 0.6 is 0 Å². The van der Waals surface area contributed by atoms with E-state index in [0.29, 0.717) is 29.3 Å². The van der Waals surface area contributed by atoms with Crippen molar-refractivity contribution in [3.63, 3.8) is 0 Å². The molecule has 1 amide bonds. The van der Waals surface area contributed by atoms with Gasteiger partial charge in [-0.25, -0.2) is 14.4 Å². The predicted molar refractivity (Wildman–Crippen MR) is 108 cm³/mol. The van der Waals surface area contributed by atoms with Crippen molar-refractivity contribution in [3.05, 3.63) is 41.5 Å². The summed E-state index contributed by atoms with van der Waals surface area (Å²) in [6.07, 6.45) is 4.08. The van der Waals surface area contributed by atoms with Crippen LogP contribution in [0.4, 0.5) is 21.7 Å². The number of carbonyl (C=O) groups excluding carboxylic acids is 1. The first-order valence-corrected chi connectivity index (χ1v) is 9.52. The first-order valence-electron chi connectivity index (χ1n) is 9.52. The zero-order valence-electron chi connectivity index (χ0n) is 16.5. The molecule has 1 aliphatic rings. The molecule has 0 bridgehead atoms. The number of nitriles is 1. The number of aryl methyl sites for hydroxylation is 2. The number of benzene rings is 1. The summed E-state index contributed by atoms with van der Waals surface area (Å²) in [4.78, 5) is 23.1. The Morgan fingerprint density at radius 3 is 2.83 bits per heavy atom. The van der Waals surface area contributed by atoms with Crippen LogP contribution in [-0.4, -0.2) is 27.5 Å². The fourth-order valence-corrected chi connectivity index (χ4v) is 3.35. The lowest BCUT2D eigenvalue weighted by Crippen LogP contribution is -2.18. The third-order valence-electron chi connectivity index (χ3n) is 5.26. The molecule has 2 heterocycles. The molecule has 1 aliphatic carbocycles. The minimum atomic E-state index is -0.574. The highest BCUT2D eigenvalue weighted by molar-refractivity contribution is 6.00. The Hall–Kier alpha value is -3.47. The summed E-state index contributed by atoms with van der Waals surface area (Å²) in [7, 11) is 3.65. The van der Waals surface area contributed by atoms with Gasteiger partial charge in [-0.2, -0.15) is 5.26 Å². The molecule has 1 saturated carbocycles. The number of hydrogen-bond donors (Lipinski definition) is 1. The second-order valence-corrected chi connectivity index (χ2v) is 7.30. The molecule has 2 aromatic heterocycles. The Kier molecular flexibility index (Phi) is 4.66. The van der Waals surface area contributed by atoms with E-state index >= 15 is 0 Å². The molecule has 0 radical (unpaired) electrons. The number of rotatable bonds is 5. The molecule has 8 heteroatoms. The maximum absolute atomic E-state index is 14.3. The number of nitrogens with zero attached hydrogens (tertiary/aromatic N) is 5. The first-order chi connectivity index (χ1) is 13.9. The van der Waals surface area contributed by atoms with E-state index in [-0.39, 0.29) is 17.4 Å². The summed E-state index contributed by atoms with van der Waals surface area (Å²) in [5, 5.41) is 12.0. The topological polar surface area (TPSA) is 86.8 Å². The summed E-state index contributed by atoms with van der Waals surface area (Å²) >= 11 is 0. The third kappa shape index (κ3) is 3.40. The maximum Gasteiger partial charge on any atom is 0.228 e. The van der Waals surface area contributed by atoms with Crippen LogP contribution in [-0.2, 0) is 18.3 Å². The largest absolute Gasteiger partial charge is 0.334 e. The zero-order chi connectivity index (χ0) is 20.7. The molecule has 4 rings (SSSR count). The smallest absolute Gasteiger partial charge is 0.228 e. The van der Waals surface area contributed by atoms with Crippen molar-refractivity contribution >= 4 is 34.3 Å². The number of hydrogen-bond acceptors (Lipinski definition) is 5. The van der Waals surface area contributed by atoms with Gasteiger partial charge in [0.1, 0.15) is 23.2 Å². The lowest BCUT2D eigenvalue weighted by molar-refractivity contribution is -0.117. The Morgan fingerprint density at radius 1 is 1.41 bits per heavy atom. The summed E-state index contributed by atoms with van der Waals surface area (Å²) in [6.45, 7) is 1.95. The van der Waals surface area contributed by atoms with Gasteiger partial charge in [-0.1, -0.05) is 6.92 Å². The highest BCUT2D eigenvalue weighted by atomic mass is 19.1. The number of anilines is 3. The molecule has 3 aromatic rings. The molecule has 1 N–H and O–H groups in total. The van der Waals surface area contributed by atoms with Gasteiger partial charge in [-0.3, -0.25) is 4.79 Å². The number of nitrogens with one attached hydrogen (secondary N) is 1. The van der Waals surface area contributed by atoms with Crippen LogP contribution in [0.1, 0.15) is 30.9 Å². The van der Waals surface area contributed by atoms with Crippen LogP contribution in [0.25, 0.3) is 11.0 Å². The number of imidazole rings is 1. The molecular formula is C21H21FN6O. The summed E-state index contributed by atoms with van der Waals surface area (Å²) in [5.41, 5.74) is 2.89. The number of amides is 1. The summed E-state index contributed by atoms with van der Waals surface area (Å²) in [6, 6.07) is 6.66. The van der Waals surface area contributed by atoms with Crippen LogP contribution in [0.2, 0.25) is 0 Å². The molecule has 0 saturated heterocycles. The molecule has 1 aromatic carbocycles. The minimum Gasteiger partial charge on any atom is -0.334 e. The highest BCUT2D eigenvalue weighted by Crippen LogP contribution is 2.34. The average Bonchev–Trinajstić information content (AvgIpc) is 3.51. The standard InChI is InChI=1S/C21H21FN6O/c1-4-12-7-14(10-23)15(22)8-16(12)28(3)18-9-17-19(24-11-27(17)2)20(25-18)26-21(29)13-5-6-13/h7-9,11,13H,4-6H2,1-3H3,(H,25,26,29). The number of carbonyl (C=O) groups is 1.